The smallest absolute Gasteiger partial charge is 0.282 e. The maximum Gasteiger partial charge on any atom is 0.282 e. The largest absolute Gasteiger partial charge is 0.493 e. The van der Waals surface area contributed by atoms with Crippen molar-refractivity contribution in [2.24, 2.45) is 0 Å². The summed E-state index contributed by atoms with van der Waals surface area (Å²) >= 11 is 0. The lowest BCUT2D eigenvalue weighted by Gasteiger charge is -2.12. The van der Waals surface area contributed by atoms with Crippen LogP contribution in [0.25, 0.3) is 28.7 Å². The van der Waals surface area contributed by atoms with Gasteiger partial charge in [-0.05, 0) is 36.8 Å². The fraction of sp³-hybridized carbons (Fsp3) is 0.182. The molecule has 9 heteroatoms. The van der Waals surface area contributed by atoms with Gasteiger partial charge >= 0.3 is 0 Å². The molecular weight excluding hydrogens is 400 g/mol. The molecule has 0 radical (unpaired) electrons. The van der Waals surface area contributed by atoms with E-state index in [9.17, 15) is 4.79 Å². The summed E-state index contributed by atoms with van der Waals surface area (Å²) in [6, 6.07) is 12.5. The van der Waals surface area contributed by atoms with Gasteiger partial charge in [0.15, 0.2) is 17.2 Å². The molecule has 4 aromatic rings. The number of aromatic nitrogens is 4. The molecule has 2 aromatic carbocycles. The molecule has 0 aliphatic carbocycles. The standard InChI is InChI=1S/C22H20N4O5/c1-13-6-5-7-15(10-13)26-9-8-16(27)19(24-26)22-23-21(25-31-22)14-11-17(28-2)20(30-4)18(12-14)29-3/h5-12H,1-4H3. The fourth-order valence-electron chi connectivity index (χ4n) is 3.12. The van der Waals surface area contributed by atoms with Gasteiger partial charge < -0.3 is 18.7 Å². The van der Waals surface area contributed by atoms with Crippen LogP contribution in [0.1, 0.15) is 5.56 Å². The molecule has 0 aliphatic rings. The zero-order valence-electron chi connectivity index (χ0n) is 17.4. The summed E-state index contributed by atoms with van der Waals surface area (Å²) in [6.07, 6.45) is 1.59. The van der Waals surface area contributed by atoms with Crippen LogP contribution in [0.4, 0.5) is 0 Å². The van der Waals surface area contributed by atoms with Crippen LogP contribution in [-0.2, 0) is 0 Å². The predicted octanol–water partition coefficient (Wildman–Crippen LogP) is 3.28. The van der Waals surface area contributed by atoms with Gasteiger partial charge in [-0.3, -0.25) is 4.79 Å². The van der Waals surface area contributed by atoms with E-state index in [-0.39, 0.29) is 22.8 Å². The Balaban J connectivity index is 1.76. The number of ether oxygens (including phenoxy) is 3. The molecule has 9 nitrogen and oxygen atoms in total. The average molecular weight is 420 g/mol. The normalized spacial score (nSPS) is 10.7. The molecule has 0 atom stereocenters. The lowest BCUT2D eigenvalue weighted by Crippen LogP contribution is -2.12. The van der Waals surface area contributed by atoms with E-state index >= 15 is 0 Å². The SMILES string of the molecule is COc1cc(-c2noc(-c3nn(-c4cccc(C)c4)ccc3=O)n2)cc(OC)c1OC. The number of rotatable bonds is 6. The Kier molecular flexibility index (Phi) is 5.40. The van der Waals surface area contributed by atoms with Crippen LogP contribution in [0.15, 0.2) is 58.0 Å². The molecule has 158 valence electrons. The van der Waals surface area contributed by atoms with Crippen molar-refractivity contribution in [3.05, 3.63) is 64.4 Å². The van der Waals surface area contributed by atoms with Crippen LogP contribution in [0.2, 0.25) is 0 Å². The van der Waals surface area contributed by atoms with Crippen molar-refractivity contribution >= 4 is 0 Å². The van der Waals surface area contributed by atoms with E-state index < -0.39 is 0 Å². The molecule has 0 bridgehead atoms. The molecule has 4 rings (SSSR count). The van der Waals surface area contributed by atoms with E-state index in [0.29, 0.717) is 22.8 Å². The van der Waals surface area contributed by atoms with Gasteiger partial charge in [0, 0.05) is 17.8 Å². The fourth-order valence-corrected chi connectivity index (χ4v) is 3.12. The third-order valence-electron chi connectivity index (χ3n) is 4.63. The third kappa shape index (κ3) is 3.85. The van der Waals surface area contributed by atoms with Crippen LogP contribution in [-0.4, -0.2) is 41.3 Å². The molecule has 2 aromatic heterocycles. The maximum absolute atomic E-state index is 12.4. The van der Waals surface area contributed by atoms with Crippen LogP contribution in [0.5, 0.6) is 17.2 Å². The summed E-state index contributed by atoms with van der Waals surface area (Å²) in [7, 11) is 4.56. The van der Waals surface area contributed by atoms with Crippen molar-refractivity contribution in [3.63, 3.8) is 0 Å². The van der Waals surface area contributed by atoms with Crippen molar-refractivity contribution < 1.29 is 18.7 Å². The van der Waals surface area contributed by atoms with Crippen molar-refractivity contribution in [3.8, 4) is 45.9 Å². The van der Waals surface area contributed by atoms with Crippen LogP contribution in [0.3, 0.4) is 0 Å². The summed E-state index contributed by atoms with van der Waals surface area (Å²) in [5.74, 6) is 1.60. The Morgan fingerprint density at radius 1 is 0.968 bits per heavy atom. The van der Waals surface area contributed by atoms with E-state index in [2.05, 4.69) is 15.2 Å². The van der Waals surface area contributed by atoms with Gasteiger partial charge in [0.2, 0.25) is 17.0 Å². The minimum Gasteiger partial charge on any atom is -0.493 e. The molecule has 0 saturated heterocycles. The monoisotopic (exact) mass is 420 g/mol. The molecule has 31 heavy (non-hydrogen) atoms. The molecule has 2 heterocycles. The zero-order valence-corrected chi connectivity index (χ0v) is 17.4. The van der Waals surface area contributed by atoms with Gasteiger partial charge in [0.05, 0.1) is 27.0 Å². The maximum atomic E-state index is 12.4. The van der Waals surface area contributed by atoms with Crippen molar-refractivity contribution in [1.29, 1.82) is 0 Å². The second kappa shape index (κ2) is 8.31. The summed E-state index contributed by atoms with van der Waals surface area (Å²) in [5.41, 5.74) is 2.17. The predicted molar refractivity (Wildman–Crippen MR) is 113 cm³/mol. The first kappa shape index (κ1) is 20.1. The summed E-state index contributed by atoms with van der Waals surface area (Å²) < 4.78 is 23.0. The Morgan fingerprint density at radius 3 is 2.35 bits per heavy atom. The molecule has 0 amide bonds. The lowest BCUT2D eigenvalue weighted by molar-refractivity contribution is 0.324. The van der Waals surface area contributed by atoms with Crippen LogP contribution < -0.4 is 19.6 Å². The molecule has 0 aliphatic heterocycles. The summed E-state index contributed by atoms with van der Waals surface area (Å²) in [5, 5.41) is 8.39. The van der Waals surface area contributed by atoms with E-state index in [0.717, 1.165) is 11.3 Å². The average Bonchev–Trinajstić information content (AvgIpc) is 3.28. The Hall–Kier alpha value is -4.14. The number of benzene rings is 2. The van der Waals surface area contributed by atoms with Crippen molar-refractivity contribution in [2.75, 3.05) is 21.3 Å². The Bertz CT molecular complexity index is 1270. The zero-order chi connectivity index (χ0) is 22.0. The number of hydrogen-bond acceptors (Lipinski definition) is 8. The van der Waals surface area contributed by atoms with Gasteiger partial charge in [-0.2, -0.15) is 10.1 Å². The van der Waals surface area contributed by atoms with Crippen LogP contribution >= 0.6 is 0 Å². The minimum atomic E-state index is -0.330. The highest BCUT2D eigenvalue weighted by Crippen LogP contribution is 2.40. The quantitative estimate of drug-likeness (QED) is 0.468. The Morgan fingerprint density at radius 2 is 1.71 bits per heavy atom. The highest BCUT2D eigenvalue weighted by atomic mass is 16.5. The summed E-state index contributed by atoms with van der Waals surface area (Å²) in [4.78, 5) is 16.8. The second-order valence-corrected chi connectivity index (χ2v) is 6.65. The highest BCUT2D eigenvalue weighted by molar-refractivity contribution is 5.67. The molecule has 0 fully saturated rings. The third-order valence-corrected chi connectivity index (χ3v) is 4.63. The highest BCUT2D eigenvalue weighted by Gasteiger charge is 2.20. The molecule has 0 spiro atoms. The minimum absolute atomic E-state index is 0.00996. The van der Waals surface area contributed by atoms with Crippen LogP contribution in [0, 0.1) is 6.92 Å². The molecular formula is C22H20N4O5. The van der Waals surface area contributed by atoms with Crippen molar-refractivity contribution in [2.45, 2.75) is 6.92 Å². The number of hydrogen-bond donors (Lipinski definition) is 0. The first-order valence-corrected chi connectivity index (χ1v) is 9.35. The topological polar surface area (TPSA) is 102 Å². The van der Waals surface area contributed by atoms with Gasteiger partial charge in [0.1, 0.15) is 0 Å². The molecule has 0 unspecified atom stereocenters. The van der Waals surface area contributed by atoms with Gasteiger partial charge in [-0.1, -0.05) is 17.3 Å². The van der Waals surface area contributed by atoms with E-state index in [1.165, 1.54) is 27.4 Å². The number of aryl methyl sites for hydroxylation is 1. The lowest BCUT2D eigenvalue weighted by atomic mass is 10.1. The first-order chi connectivity index (χ1) is 15.0. The molecule has 0 N–H and O–H groups in total. The van der Waals surface area contributed by atoms with E-state index in [1.54, 1.807) is 23.0 Å². The second-order valence-electron chi connectivity index (χ2n) is 6.65. The van der Waals surface area contributed by atoms with E-state index in [4.69, 9.17) is 18.7 Å². The Labute approximate surface area is 177 Å². The first-order valence-electron chi connectivity index (χ1n) is 9.35. The van der Waals surface area contributed by atoms with Gasteiger partial charge in [-0.15, -0.1) is 0 Å². The molecule has 0 saturated carbocycles. The number of nitrogens with zero attached hydrogens (tertiary/aromatic N) is 4. The van der Waals surface area contributed by atoms with E-state index in [1.807, 2.05) is 31.2 Å². The van der Waals surface area contributed by atoms with Gasteiger partial charge in [-0.25, -0.2) is 4.68 Å². The summed E-state index contributed by atoms with van der Waals surface area (Å²) in [6.45, 7) is 1.98. The number of methoxy groups -OCH3 is 3. The van der Waals surface area contributed by atoms with Crippen molar-refractivity contribution in [1.82, 2.24) is 19.9 Å². The van der Waals surface area contributed by atoms with Gasteiger partial charge in [0.25, 0.3) is 5.89 Å².